The normalized spacial score (nSPS) is 11.0. The lowest BCUT2D eigenvalue weighted by atomic mass is 10.0. The van der Waals surface area contributed by atoms with Crippen LogP contribution in [-0.2, 0) is 11.3 Å². The number of hydrogen-bond donors (Lipinski definition) is 1. The second kappa shape index (κ2) is 7.10. The smallest absolute Gasteiger partial charge is 0.275 e. The van der Waals surface area contributed by atoms with E-state index < -0.39 is 0 Å². The van der Waals surface area contributed by atoms with Crippen molar-refractivity contribution >= 4 is 38.4 Å². The Labute approximate surface area is 152 Å². The van der Waals surface area contributed by atoms with E-state index in [9.17, 15) is 9.59 Å². The number of nitrogens with one attached hydrogen (secondary N) is 1. The predicted molar refractivity (Wildman–Crippen MR) is 98.5 cm³/mol. The van der Waals surface area contributed by atoms with Crippen LogP contribution in [0.15, 0.2) is 46.1 Å². The van der Waals surface area contributed by atoms with Gasteiger partial charge in [0.1, 0.15) is 6.54 Å². The lowest BCUT2D eigenvalue weighted by molar-refractivity contribution is -0.117. The van der Waals surface area contributed by atoms with Crippen LogP contribution >= 0.6 is 15.9 Å². The third kappa shape index (κ3) is 3.74. The first kappa shape index (κ1) is 17.2. The molecule has 0 bridgehead atoms. The first-order valence-corrected chi connectivity index (χ1v) is 8.51. The molecule has 0 saturated heterocycles. The number of hydrogen-bond acceptors (Lipinski definition) is 5. The summed E-state index contributed by atoms with van der Waals surface area (Å²) in [6.45, 7) is 3.80. The van der Waals surface area contributed by atoms with Gasteiger partial charge in [-0.1, -0.05) is 29.8 Å². The van der Waals surface area contributed by atoms with Gasteiger partial charge in [0.2, 0.25) is 5.91 Å². The Morgan fingerprint density at radius 3 is 2.76 bits per heavy atom. The Hall–Kier alpha value is -2.61. The monoisotopic (exact) mass is 401 g/mol. The van der Waals surface area contributed by atoms with E-state index in [-0.39, 0.29) is 23.9 Å². The van der Waals surface area contributed by atoms with Crippen LogP contribution in [0.4, 0.5) is 5.82 Å². The summed E-state index contributed by atoms with van der Waals surface area (Å²) in [6.07, 6.45) is 4.43. The first-order valence-electron chi connectivity index (χ1n) is 7.72. The molecule has 7 nitrogen and oxygen atoms in total. The zero-order chi connectivity index (χ0) is 18.0. The Morgan fingerprint density at radius 1 is 1.28 bits per heavy atom. The highest BCUT2D eigenvalue weighted by Crippen LogP contribution is 2.24. The fraction of sp³-hybridized carbons (Fsp3) is 0.235. The minimum atomic E-state index is -0.388. The summed E-state index contributed by atoms with van der Waals surface area (Å²) < 4.78 is 2.07. The highest BCUT2D eigenvalue weighted by Gasteiger charge is 2.15. The number of carbonyl (C=O) groups is 1. The van der Waals surface area contributed by atoms with E-state index in [1.807, 2.05) is 19.9 Å². The number of anilines is 1. The van der Waals surface area contributed by atoms with Gasteiger partial charge in [-0.05, 0) is 24.1 Å². The van der Waals surface area contributed by atoms with Crippen LogP contribution in [-0.4, -0.2) is 25.7 Å². The molecule has 0 aliphatic rings. The standard InChI is InChI=1S/C17H16BrN5O2/c1-10(2)16-13-7-11(18)3-4-12(13)17(25)23(22-16)9-15(24)21-14-8-19-5-6-20-14/h3-8,10H,9H2,1-2H3,(H,20,21,24). The van der Waals surface area contributed by atoms with Crippen molar-refractivity contribution < 1.29 is 4.79 Å². The molecule has 3 aromatic rings. The average Bonchev–Trinajstić information content (AvgIpc) is 2.57. The Kier molecular flexibility index (Phi) is 4.89. The van der Waals surface area contributed by atoms with E-state index >= 15 is 0 Å². The van der Waals surface area contributed by atoms with Crippen LogP contribution in [0.25, 0.3) is 10.8 Å². The molecule has 0 saturated carbocycles. The maximum atomic E-state index is 12.7. The van der Waals surface area contributed by atoms with Gasteiger partial charge in [-0.2, -0.15) is 5.10 Å². The van der Waals surface area contributed by atoms with Crippen LogP contribution in [0, 0.1) is 0 Å². The highest BCUT2D eigenvalue weighted by molar-refractivity contribution is 9.10. The van der Waals surface area contributed by atoms with Crippen LogP contribution < -0.4 is 10.9 Å². The molecule has 0 fully saturated rings. The number of halogens is 1. The highest BCUT2D eigenvalue weighted by atomic mass is 79.9. The van der Waals surface area contributed by atoms with Crippen molar-refractivity contribution in [2.75, 3.05) is 5.32 Å². The summed E-state index contributed by atoms with van der Waals surface area (Å²) >= 11 is 3.42. The molecular weight excluding hydrogens is 386 g/mol. The van der Waals surface area contributed by atoms with E-state index in [1.165, 1.54) is 23.3 Å². The van der Waals surface area contributed by atoms with Gasteiger partial charge >= 0.3 is 0 Å². The molecule has 1 amide bonds. The number of fused-ring (bicyclic) bond motifs is 1. The summed E-state index contributed by atoms with van der Waals surface area (Å²) in [6, 6.07) is 5.42. The fourth-order valence-electron chi connectivity index (χ4n) is 2.50. The predicted octanol–water partition coefficient (Wildman–Crippen LogP) is 2.71. The molecule has 0 spiro atoms. The van der Waals surface area contributed by atoms with Gasteiger partial charge in [0, 0.05) is 22.3 Å². The van der Waals surface area contributed by atoms with Crippen molar-refractivity contribution in [3.63, 3.8) is 0 Å². The molecular formula is C17H16BrN5O2. The molecule has 2 heterocycles. The van der Waals surface area contributed by atoms with Gasteiger partial charge in [-0.15, -0.1) is 0 Å². The van der Waals surface area contributed by atoms with Gasteiger partial charge < -0.3 is 5.32 Å². The number of rotatable bonds is 4. The zero-order valence-electron chi connectivity index (χ0n) is 13.7. The Bertz CT molecular complexity index is 985. The van der Waals surface area contributed by atoms with Crippen LogP contribution in [0.2, 0.25) is 0 Å². The van der Waals surface area contributed by atoms with Crippen molar-refractivity contribution in [2.45, 2.75) is 26.3 Å². The van der Waals surface area contributed by atoms with E-state index in [2.05, 4.69) is 36.3 Å². The Balaban J connectivity index is 1.99. The average molecular weight is 402 g/mol. The number of amides is 1. The maximum Gasteiger partial charge on any atom is 0.275 e. The lowest BCUT2D eigenvalue weighted by Crippen LogP contribution is -2.31. The minimum absolute atomic E-state index is 0.103. The SMILES string of the molecule is CC(C)c1nn(CC(=O)Nc2cnccn2)c(=O)c2ccc(Br)cc12. The molecule has 0 radical (unpaired) electrons. The molecule has 1 N–H and O–H groups in total. The van der Waals surface area contributed by atoms with Crippen LogP contribution in [0.5, 0.6) is 0 Å². The quantitative estimate of drug-likeness (QED) is 0.725. The largest absolute Gasteiger partial charge is 0.308 e. The number of nitrogens with zero attached hydrogens (tertiary/aromatic N) is 4. The van der Waals surface area contributed by atoms with Gasteiger partial charge in [-0.25, -0.2) is 9.67 Å². The number of benzene rings is 1. The van der Waals surface area contributed by atoms with Crippen molar-refractivity contribution in [1.82, 2.24) is 19.7 Å². The maximum absolute atomic E-state index is 12.7. The molecule has 8 heteroatoms. The third-order valence-corrected chi connectivity index (χ3v) is 4.12. The summed E-state index contributed by atoms with van der Waals surface area (Å²) in [5.74, 6) is 0.0438. The summed E-state index contributed by atoms with van der Waals surface area (Å²) in [5.41, 5.74) is 0.462. The van der Waals surface area contributed by atoms with Crippen molar-refractivity contribution in [3.05, 3.63) is 57.3 Å². The Morgan fingerprint density at radius 2 is 2.08 bits per heavy atom. The molecule has 0 aliphatic heterocycles. The first-order chi connectivity index (χ1) is 12.0. The van der Waals surface area contributed by atoms with E-state index in [0.29, 0.717) is 11.2 Å². The minimum Gasteiger partial charge on any atom is -0.308 e. The summed E-state index contributed by atoms with van der Waals surface area (Å²) in [7, 11) is 0. The van der Waals surface area contributed by atoms with E-state index in [4.69, 9.17) is 0 Å². The van der Waals surface area contributed by atoms with Crippen molar-refractivity contribution in [1.29, 1.82) is 0 Å². The lowest BCUT2D eigenvalue weighted by Gasteiger charge is -2.13. The number of aromatic nitrogens is 4. The zero-order valence-corrected chi connectivity index (χ0v) is 15.3. The van der Waals surface area contributed by atoms with Crippen molar-refractivity contribution in [3.8, 4) is 0 Å². The van der Waals surface area contributed by atoms with Gasteiger partial charge in [-0.3, -0.25) is 14.6 Å². The van der Waals surface area contributed by atoms with E-state index in [1.54, 1.807) is 12.1 Å². The summed E-state index contributed by atoms with van der Waals surface area (Å²) in [5, 5.41) is 8.34. The van der Waals surface area contributed by atoms with Crippen LogP contribution in [0.1, 0.15) is 25.5 Å². The molecule has 128 valence electrons. The molecule has 0 aliphatic carbocycles. The molecule has 3 rings (SSSR count). The molecule has 0 unspecified atom stereocenters. The number of carbonyl (C=O) groups excluding carboxylic acids is 1. The van der Waals surface area contributed by atoms with E-state index in [0.717, 1.165) is 15.6 Å². The molecule has 2 aromatic heterocycles. The molecule has 0 atom stereocenters. The van der Waals surface area contributed by atoms with Gasteiger partial charge in [0.05, 0.1) is 17.3 Å². The van der Waals surface area contributed by atoms with Crippen LogP contribution in [0.3, 0.4) is 0 Å². The van der Waals surface area contributed by atoms with Crippen molar-refractivity contribution in [2.24, 2.45) is 0 Å². The topological polar surface area (TPSA) is 89.8 Å². The fourth-order valence-corrected chi connectivity index (χ4v) is 2.86. The molecule has 1 aromatic carbocycles. The third-order valence-electron chi connectivity index (χ3n) is 3.62. The van der Waals surface area contributed by atoms with Gasteiger partial charge in [0.25, 0.3) is 5.56 Å². The second-order valence-corrected chi connectivity index (χ2v) is 6.75. The second-order valence-electron chi connectivity index (χ2n) is 5.83. The summed E-state index contributed by atoms with van der Waals surface area (Å²) in [4.78, 5) is 32.8. The van der Waals surface area contributed by atoms with Gasteiger partial charge in [0.15, 0.2) is 5.82 Å². The molecule has 25 heavy (non-hydrogen) atoms.